The molecule has 10 heteroatoms. The van der Waals surface area contributed by atoms with Crippen LogP contribution in [-0.4, -0.2) is 52.3 Å². The van der Waals surface area contributed by atoms with Crippen molar-refractivity contribution in [3.63, 3.8) is 0 Å². The van der Waals surface area contributed by atoms with Gasteiger partial charge in [-0.15, -0.1) is 0 Å². The third-order valence-electron chi connectivity index (χ3n) is 1.44. The highest BCUT2D eigenvalue weighted by molar-refractivity contribution is 7.92. The van der Waals surface area contributed by atoms with Crippen LogP contribution in [0.5, 0.6) is 0 Å². The minimum Gasteiger partial charge on any atom is -0.323 e. The predicted molar refractivity (Wildman–Crippen MR) is 62.7 cm³/mol. The van der Waals surface area contributed by atoms with Gasteiger partial charge in [-0.05, 0) is 0 Å². The van der Waals surface area contributed by atoms with Crippen LogP contribution < -0.4 is 11.7 Å². The van der Waals surface area contributed by atoms with Gasteiger partial charge >= 0.3 is 0 Å². The molecule has 0 aromatic rings. The molecule has 0 aliphatic rings. The molecule has 0 aliphatic heterocycles. The first-order valence-corrected chi connectivity index (χ1v) is 8.10. The summed E-state index contributed by atoms with van der Waals surface area (Å²) in [6, 6.07) is 0. The van der Waals surface area contributed by atoms with Crippen molar-refractivity contribution in [2.24, 2.45) is 21.9 Å². The van der Waals surface area contributed by atoms with Gasteiger partial charge in [-0.3, -0.25) is 0 Å². The topological polar surface area (TPSA) is 145 Å². The SMILES string of the molecule is CS(=O)(=O)CC(=NN)C(CS(C)(=O)=O)=NN. The van der Waals surface area contributed by atoms with E-state index in [9.17, 15) is 16.8 Å². The summed E-state index contributed by atoms with van der Waals surface area (Å²) < 4.78 is 44.0. The molecular weight excluding hydrogens is 256 g/mol. The molecule has 16 heavy (non-hydrogen) atoms. The molecule has 0 aromatic heterocycles. The van der Waals surface area contributed by atoms with Crippen LogP contribution in [0, 0.1) is 0 Å². The van der Waals surface area contributed by atoms with E-state index in [0.29, 0.717) is 0 Å². The Bertz CT molecular complexity index is 455. The number of nitrogens with zero attached hydrogens (tertiary/aromatic N) is 2. The second-order valence-electron chi connectivity index (χ2n) is 3.29. The maximum absolute atomic E-state index is 11.0. The fourth-order valence-corrected chi connectivity index (χ4v) is 2.36. The van der Waals surface area contributed by atoms with E-state index in [-0.39, 0.29) is 11.4 Å². The van der Waals surface area contributed by atoms with E-state index in [2.05, 4.69) is 10.2 Å². The molecule has 0 aromatic carbocycles. The summed E-state index contributed by atoms with van der Waals surface area (Å²) >= 11 is 0. The van der Waals surface area contributed by atoms with Crippen LogP contribution in [0.15, 0.2) is 10.2 Å². The largest absolute Gasteiger partial charge is 0.323 e. The lowest BCUT2D eigenvalue weighted by molar-refractivity contribution is 0.603. The van der Waals surface area contributed by atoms with Crippen molar-refractivity contribution in [3.8, 4) is 0 Å². The molecule has 94 valence electrons. The van der Waals surface area contributed by atoms with Gasteiger partial charge in [-0.1, -0.05) is 0 Å². The second kappa shape index (κ2) is 5.25. The summed E-state index contributed by atoms with van der Waals surface area (Å²) in [4.78, 5) is 0. The third-order valence-corrected chi connectivity index (χ3v) is 3.04. The molecule has 0 unspecified atom stereocenters. The van der Waals surface area contributed by atoms with Gasteiger partial charge in [0.2, 0.25) is 0 Å². The molecule has 0 aliphatic carbocycles. The molecular formula is C6H14N4O4S2. The van der Waals surface area contributed by atoms with E-state index in [4.69, 9.17) is 11.7 Å². The van der Waals surface area contributed by atoms with Gasteiger partial charge in [-0.25, -0.2) is 16.8 Å². The minimum absolute atomic E-state index is 0.157. The zero-order valence-electron chi connectivity index (χ0n) is 8.91. The van der Waals surface area contributed by atoms with E-state index < -0.39 is 31.2 Å². The normalized spacial score (nSPS) is 15.1. The number of sulfone groups is 2. The highest BCUT2D eigenvalue weighted by Crippen LogP contribution is 1.94. The third kappa shape index (κ3) is 6.35. The van der Waals surface area contributed by atoms with Crippen LogP contribution in [0.3, 0.4) is 0 Å². The summed E-state index contributed by atoms with van der Waals surface area (Å²) in [6.45, 7) is 0. The van der Waals surface area contributed by atoms with Gasteiger partial charge in [0, 0.05) is 12.5 Å². The molecule has 0 fully saturated rings. The van der Waals surface area contributed by atoms with Crippen molar-refractivity contribution < 1.29 is 16.8 Å². The highest BCUT2D eigenvalue weighted by Gasteiger charge is 2.19. The molecule has 0 saturated carbocycles. The number of hydrazone groups is 2. The summed E-state index contributed by atoms with van der Waals surface area (Å²) in [5.41, 5.74) is -0.314. The maximum Gasteiger partial charge on any atom is 0.153 e. The molecule has 0 radical (unpaired) electrons. The summed E-state index contributed by atoms with van der Waals surface area (Å²) in [7, 11) is -6.78. The lowest BCUT2D eigenvalue weighted by atomic mass is 10.3. The smallest absolute Gasteiger partial charge is 0.153 e. The van der Waals surface area contributed by atoms with Gasteiger partial charge in [-0.2, -0.15) is 10.2 Å². The fourth-order valence-electron chi connectivity index (χ4n) is 0.887. The number of nitrogens with two attached hydrogens (primary N) is 2. The van der Waals surface area contributed by atoms with Crippen molar-refractivity contribution in [2.45, 2.75) is 0 Å². The molecule has 0 rings (SSSR count). The van der Waals surface area contributed by atoms with Crippen molar-refractivity contribution in [2.75, 3.05) is 24.0 Å². The Balaban J connectivity index is 5.12. The monoisotopic (exact) mass is 270 g/mol. The molecule has 8 nitrogen and oxygen atoms in total. The Morgan fingerprint density at radius 2 is 1.12 bits per heavy atom. The van der Waals surface area contributed by atoms with E-state index >= 15 is 0 Å². The van der Waals surface area contributed by atoms with E-state index in [1.54, 1.807) is 0 Å². The van der Waals surface area contributed by atoms with Crippen molar-refractivity contribution in [1.29, 1.82) is 0 Å². The van der Waals surface area contributed by atoms with Gasteiger partial charge in [0.15, 0.2) is 19.7 Å². The molecule has 0 amide bonds. The lowest BCUT2D eigenvalue weighted by Crippen LogP contribution is -2.31. The van der Waals surface area contributed by atoms with Crippen LogP contribution in [0.4, 0.5) is 0 Å². The summed E-state index contributed by atoms with van der Waals surface area (Å²) in [6.07, 6.45) is 1.93. The maximum atomic E-state index is 11.0. The predicted octanol–water partition coefficient (Wildman–Crippen LogP) is -2.29. The quantitative estimate of drug-likeness (QED) is 0.326. The van der Waals surface area contributed by atoms with E-state index in [1.807, 2.05) is 0 Å². The first-order chi connectivity index (χ1) is 7.09. The standard InChI is InChI=1S/C6H14N4O4S2/c1-15(11,12)3-5(9-7)6(10-8)4-16(2,13)14/h3-4,7-8H2,1-2H3. The number of rotatable bonds is 5. The molecule has 0 bridgehead atoms. The zero-order valence-corrected chi connectivity index (χ0v) is 10.5. The average molecular weight is 270 g/mol. The van der Waals surface area contributed by atoms with Gasteiger partial charge in [0.25, 0.3) is 0 Å². The Kier molecular flexibility index (Phi) is 4.87. The lowest BCUT2D eigenvalue weighted by Gasteiger charge is -2.05. The number of hydrogen-bond acceptors (Lipinski definition) is 8. The summed E-state index contributed by atoms with van der Waals surface area (Å²) in [5, 5.41) is 6.38. The van der Waals surface area contributed by atoms with Crippen LogP contribution in [-0.2, 0) is 19.7 Å². The Morgan fingerprint density at radius 3 is 1.25 bits per heavy atom. The summed E-state index contributed by atoms with van der Waals surface area (Å²) in [5.74, 6) is 8.93. The highest BCUT2D eigenvalue weighted by atomic mass is 32.2. The van der Waals surface area contributed by atoms with Crippen molar-refractivity contribution in [1.82, 2.24) is 0 Å². The van der Waals surface area contributed by atoms with Crippen molar-refractivity contribution >= 4 is 31.1 Å². The number of hydrogen-bond donors (Lipinski definition) is 2. The molecule has 0 spiro atoms. The first-order valence-electron chi connectivity index (χ1n) is 3.98. The van der Waals surface area contributed by atoms with E-state index in [0.717, 1.165) is 12.5 Å². The van der Waals surface area contributed by atoms with Gasteiger partial charge in [0.1, 0.15) is 0 Å². The van der Waals surface area contributed by atoms with Crippen LogP contribution in [0.2, 0.25) is 0 Å². The van der Waals surface area contributed by atoms with E-state index in [1.165, 1.54) is 0 Å². The minimum atomic E-state index is -3.39. The molecule has 0 atom stereocenters. The Morgan fingerprint density at radius 1 is 0.875 bits per heavy atom. The molecule has 0 saturated heterocycles. The van der Waals surface area contributed by atoms with Crippen LogP contribution in [0.25, 0.3) is 0 Å². The molecule has 4 N–H and O–H groups in total. The Labute approximate surface area is 94.2 Å². The van der Waals surface area contributed by atoms with Crippen LogP contribution >= 0.6 is 0 Å². The second-order valence-corrected chi connectivity index (χ2v) is 7.57. The average Bonchev–Trinajstić information content (AvgIpc) is 2.07. The molecule has 0 heterocycles. The Hall–Kier alpha value is -1.16. The first kappa shape index (κ1) is 14.8. The zero-order chi connectivity index (χ0) is 13.0. The van der Waals surface area contributed by atoms with Gasteiger partial charge < -0.3 is 11.7 Å². The van der Waals surface area contributed by atoms with Crippen molar-refractivity contribution in [3.05, 3.63) is 0 Å². The van der Waals surface area contributed by atoms with Crippen LogP contribution in [0.1, 0.15) is 0 Å². The fraction of sp³-hybridized carbons (Fsp3) is 0.667. The van der Waals surface area contributed by atoms with Gasteiger partial charge in [0.05, 0.1) is 22.9 Å².